The second kappa shape index (κ2) is 6.23. The van der Waals surface area contributed by atoms with E-state index < -0.39 is 16.0 Å². The van der Waals surface area contributed by atoms with Crippen molar-refractivity contribution >= 4 is 27.8 Å². The lowest BCUT2D eigenvalue weighted by Crippen LogP contribution is -2.12. The van der Waals surface area contributed by atoms with Gasteiger partial charge in [0.15, 0.2) is 0 Å². The highest BCUT2D eigenvalue weighted by molar-refractivity contribution is 7.92. The third kappa shape index (κ3) is 4.19. The van der Waals surface area contributed by atoms with E-state index in [1.807, 2.05) is 0 Å². The highest BCUT2D eigenvalue weighted by atomic mass is 32.2. The lowest BCUT2D eigenvalue weighted by molar-refractivity contribution is -0.131. The molecule has 2 rings (SSSR count). The number of nitrogens with one attached hydrogen (secondary N) is 1. The Kier molecular flexibility index (Phi) is 4.39. The van der Waals surface area contributed by atoms with Crippen molar-refractivity contribution in [3.05, 3.63) is 66.2 Å². The van der Waals surface area contributed by atoms with Crippen molar-refractivity contribution < 1.29 is 18.3 Å². The van der Waals surface area contributed by atoms with Crippen molar-refractivity contribution in [2.45, 2.75) is 4.90 Å². The highest BCUT2D eigenvalue weighted by Gasteiger charge is 2.13. The van der Waals surface area contributed by atoms with E-state index in [9.17, 15) is 13.2 Å². The van der Waals surface area contributed by atoms with Gasteiger partial charge in [0.1, 0.15) is 0 Å². The minimum atomic E-state index is -3.65. The number of anilines is 1. The fourth-order valence-corrected chi connectivity index (χ4v) is 2.70. The van der Waals surface area contributed by atoms with Crippen molar-refractivity contribution in [1.29, 1.82) is 0 Å². The molecule has 0 bridgehead atoms. The van der Waals surface area contributed by atoms with Crippen molar-refractivity contribution in [3.63, 3.8) is 0 Å². The Hall–Kier alpha value is -2.60. The first-order valence-corrected chi connectivity index (χ1v) is 7.55. The maximum atomic E-state index is 12.2. The van der Waals surface area contributed by atoms with Gasteiger partial charge in [0.25, 0.3) is 10.0 Å². The zero-order valence-corrected chi connectivity index (χ0v) is 11.7. The number of rotatable bonds is 5. The van der Waals surface area contributed by atoms with Gasteiger partial charge in [-0.1, -0.05) is 30.3 Å². The summed E-state index contributed by atoms with van der Waals surface area (Å²) in [5, 5.41) is 8.53. The Morgan fingerprint density at radius 2 is 1.62 bits per heavy atom. The molecule has 0 aromatic heterocycles. The Labute approximate surface area is 122 Å². The summed E-state index contributed by atoms with van der Waals surface area (Å²) in [7, 11) is -3.65. The number of aliphatic carboxylic acids is 1. The third-order valence-corrected chi connectivity index (χ3v) is 4.03. The van der Waals surface area contributed by atoms with Crippen LogP contribution in [0.15, 0.2) is 65.6 Å². The summed E-state index contributed by atoms with van der Waals surface area (Å²) in [6.07, 6.45) is 2.38. The fraction of sp³-hybridized carbons (Fsp3) is 0. The van der Waals surface area contributed by atoms with Crippen molar-refractivity contribution in [1.82, 2.24) is 0 Å². The zero-order valence-electron chi connectivity index (χ0n) is 10.9. The number of carboxylic acids is 1. The van der Waals surface area contributed by atoms with E-state index in [1.54, 1.807) is 42.5 Å². The van der Waals surface area contributed by atoms with Gasteiger partial charge in [-0.05, 0) is 35.9 Å². The van der Waals surface area contributed by atoms with Crippen LogP contribution in [0.1, 0.15) is 5.56 Å². The quantitative estimate of drug-likeness (QED) is 0.832. The molecule has 21 heavy (non-hydrogen) atoms. The molecular weight excluding hydrogens is 290 g/mol. The summed E-state index contributed by atoms with van der Waals surface area (Å²) < 4.78 is 26.8. The van der Waals surface area contributed by atoms with Crippen LogP contribution in [-0.2, 0) is 14.8 Å². The van der Waals surface area contributed by atoms with Gasteiger partial charge < -0.3 is 5.11 Å². The molecule has 0 aliphatic heterocycles. The molecule has 0 radical (unpaired) electrons. The first-order chi connectivity index (χ1) is 9.97. The molecule has 0 fully saturated rings. The second-order valence-corrected chi connectivity index (χ2v) is 5.89. The number of hydrogen-bond acceptors (Lipinski definition) is 3. The smallest absolute Gasteiger partial charge is 0.328 e. The lowest BCUT2D eigenvalue weighted by atomic mass is 10.2. The number of benzene rings is 2. The molecule has 0 saturated heterocycles. The minimum Gasteiger partial charge on any atom is -0.478 e. The van der Waals surface area contributed by atoms with Gasteiger partial charge in [-0.15, -0.1) is 0 Å². The average molecular weight is 303 g/mol. The van der Waals surface area contributed by atoms with E-state index in [0.29, 0.717) is 11.3 Å². The number of carbonyl (C=O) groups is 1. The Balaban J connectivity index is 2.19. The fourth-order valence-electron chi connectivity index (χ4n) is 1.65. The van der Waals surface area contributed by atoms with E-state index in [4.69, 9.17) is 5.11 Å². The maximum Gasteiger partial charge on any atom is 0.328 e. The van der Waals surface area contributed by atoms with Crippen LogP contribution in [0.5, 0.6) is 0 Å². The summed E-state index contributed by atoms with van der Waals surface area (Å²) in [5.41, 5.74) is 1.09. The Bertz CT molecular complexity index is 750. The van der Waals surface area contributed by atoms with Crippen LogP contribution in [0.3, 0.4) is 0 Å². The molecule has 0 atom stereocenters. The number of carboxylic acid groups (broad SMARTS) is 1. The van der Waals surface area contributed by atoms with Gasteiger partial charge in [0, 0.05) is 11.8 Å². The monoisotopic (exact) mass is 303 g/mol. The largest absolute Gasteiger partial charge is 0.478 e. The Morgan fingerprint density at radius 1 is 1.00 bits per heavy atom. The molecule has 108 valence electrons. The van der Waals surface area contributed by atoms with E-state index in [1.165, 1.54) is 18.2 Å². The number of para-hydroxylation sites is 1. The number of hydrogen-bond donors (Lipinski definition) is 2. The van der Waals surface area contributed by atoms with Crippen LogP contribution in [0.2, 0.25) is 0 Å². The SMILES string of the molecule is O=C(O)C=Cc1ccc(S(=O)(=O)Nc2ccccc2)cc1. The van der Waals surface area contributed by atoms with Crippen LogP contribution in [0.4, 0.5) is 5.69 Å². The summed E-state index contributed by atoms with van der Waals surface area (Å²) in [6.45, 7) is 0. The molecule has 5 nitrogen and oxygen atoms in total. The second-order valence-electron chi connectivity index (χ2n) is 4.21. The topological polar surface area (TPSA) is 83.5 Å². The maximum absolute atomic E-state index is 12.2. The zero-order chi connectivity index (χ0) is 15.3. The molecule has 6 heteroatoms. The summed E-state index contributed by atoms with van der Waals surface area (Å²) in [6, 6.07) is 14.5. The van der Waals surface area contributed by atoms with E-state index in [2.05, 4.69) is 4.72 Å². The normalized spacial score (nSPS) is 11.4. The highest BCUT2D eigenvalue weighted by Crippen LogP contribution is 2.16. The standard InChI is InChI=1S/C15H13NO4S/c17-15(18)11-8-12-6-9-14(10-7-12)21(19,20)16-13-4-2-1-3-5-13/h1-11,16H,(H,17,18). The van der Waals surface area contributed by atoms with Gasteiger partial charge >= 0.3 is 5.97 Å². The number of sulfonamides is 1. The van der Waals surface area contributed by atoms with Crippen LogP contribution in [0.25, 0.3) is 6.08 Å². The Morgan fingerprint density at radius 3 is 2.19 bits per heavy atom. The molecule has 2 aromatic carbocycles. The third-order valence-electron chi connectivity index (χ3n) is 2.63. The van der Waals surface area contributed by atoms with Crippen molar-refractivity contribution in [2.24, 2.45) is 0 Å². The van der Waals surface area contributed by atoms with Gasteiger partial charge in [-0.2, -0.15) is 0 Å². The molecule has 0 unspecified atom stereocenters. The van der Waals surface area contributed by atoms with Gasteiger partial charge in [-0.25, -0.2) is 13.2 Å². The minimum absolute atomic E-state index is 0.110. The van der Waals surface area contributed by atoms with Crippen LogP contribution in [-0.4, -0.2) is 19.5 Å². The molecule has 2 N–H and O–H groups in total. The molecular formula is C15H13NO4S. The van der Waals surface area contributed by atoms with Crippen LogP contribution >= 0.6 is 0 Å². The molecule has 0 amide bonds. The average Bonchev–Trinajstić information content (AvgIpc) is 2.46. The summed E-state index contributed by atoms with van der Waals surface area (Å²) in [5.74, 6) is -1.06. The molecule has 0 saturated carbocycles. The predicted molar refractivity (Wildman–Crippen MR) is 80.4 cm³/mol. The van der Waals surface area contributed by atoms with E-state index in [0.717, 1.165) is 6.08 Å². The first kappa shape index (κ1) is 14.8. The molecule has 0 heterocycles. The van der Waals surface area contributed by atoms with Crippen LogP contribution in [0, 0.1) is 0 Å². The predicted octanol–water partition coefficient (Wildman–Crippen LogP) is 2.59. The molecule has 0 aliphatic rings. The van der Waals surface area contributed by atoms with Crippen molar-refractivity contribution in [2.75, 3.05) is 4.72 Å². The van der Waals surface area contributed by atoms with Crippen molar-refractivity contribution in [3.8, 4) is 0 Å². The van der Waals surface area contributed by atoms with Gasteiger partial charge in [-0.3, -0.25) is 4.72 Å². The van der Waals surface area contributed by atoms with E-state index in [-0.39, 0.29) is 4.90 Å². The van der Waals surface area contributed by atoms with Crippen LogP contribution < -0.4 is 4.72 Å². The van der Waals surface area contributed by atoms with Gasteiger partial charge in [0.05, 0.1) is 4.90 Å². The summed E-state index contributed by atoms with van der Waals surface area (Å²) >= 11 is 0. The molecule has 0 aliphatic carbocycles. The molecule has 2 aromatic rings. The van der Waals surface area contributed by atoms with E-state index >= 15 is 0 Å². The molecule has 0 spiro atoms. The first-order valence-electron chi connectivity index (χ1n) is 6.06. The summed E-state index contributed by atoms with van der Waals surface area (Å²) in [4.78, 5) is 10.5. The van der Waals surface area contributed by atoms with Gasteiger partial charge in [0.2, 0.25) is 0 Å². The lowest BCUT2D eigenvalue weighted by Gasteiger charge is -2.08.